The molecular formula is C18H27N3O2. The van der Waals surface area contributed by atoms with Crippen LogP contribution in [0.25, 0.3) is 0 Å². The number of amides is 1. The lowest BCUT2D eigenvalue weighted by atomic mass is 9.91. The number of nitrogens with zero attached hydrogens (tertiary/aromatic N) is 3. The number of carbonyl (C=O) groups excluding carboxylic acids is 1. The molecule has 3 heterocycles. The second-order valence-corrected chi connectivity index (χ2v) is 6.52. The molecule has 0 saturated carbocycles. The summed E-state index contributed by atoms with van der Waals surface area (Å²) in [5.41, 5.74) is 1.28. The van der Waals surface area contributed by atoms with Gasteiger partial charge in [0.1, 0.15) is 0 Å². The molecular weight excluding hydrogens is 290 g/mol. The lowest BCUT2D eigenvalue weighted by Gasteiger charge is -2.39. The first-order valence-corrected chi connectivity index (χ1v) is 8.79. The molecule has 126 valence electrons. The van der Waals surface area contributed by atoms with Gasteiger partial charge in [-0.25, -0.2) is 0 Å². The zero-order chi connectivity index (χ0) is 16.1. The molecule has 2 atom stereocenters. The van der Waals surface area contributed by atoms with Gasteiger partial charge >= 0.3 is 0 Å². The van der Waals surface area contributed by atoms with Gasteiger partial charge in [-0.15, -0.1) is 0 Å². The smallest absolute Gasteiger partial charge is 0.228 e. The van der Waals surface area contributed by atoms with Gasteiger partial charge in [0.05, 0.1) is 12.0 Å². The second-order valence-electron chi connectivity index (χ2n) is 6.52. The topological polar surface area (TPSA) is 45.7 Å². The Hall–Kier alpha value is -1.46. The van der Waals surface area contributed by atoms with E-state index in [0.29, 0.717) is 5.91 Å². The Bertz CT molecular complexity index is 500. The van der Waals surface area contributed by atoms with Crippen molar-refractivity contribution in [3.8, 4) is 0 Å². The Labute approximate surface area is 138 Å². The van der Waals surface area contributed by atoms with E-state index in [0.717, 1.165) is 58.6 Å². The molecule has 23 heavy (non-hydrogen) atoms. The van der Waals surface area contributed by atoms with Gasteiger partial charge in [-0.2, -0.15) is 0 Å². The average Bonchev–Trinajstić information content (AvgIpc) is 2.62. The lowest BCUT2D eigenvalue weighted by Crippen LogP contribution is -2.52. The van der Waals surface area contributed by atoms with E-state index in [1.165, 1.54) is 5.56 Å². The highest BCUT2D eigenvalue weighted by atomic mass is 16.5. The van der Waals surface area contributed by atoms with Gasteiger partial charge in [-0.3, -0.25) is 14.7 Å². The van der Waals surface area contributed by atoms with Crippen molar-refractivity contribution in [3.05, 3.63) is 30.1 Å². The molecule has 3 rings (SSSR count). The van der Waals surface area contributed by atoms with Gasteiger partial charge in [0.2, 0.25) is 5.91 Å². The maximum atomic E-state index is 12.8. The van der Waals surface area contributed by atoms with Gasteiger partial charge in [0.15, 0.2) is 0 Å². The molecule has 1 aromatic heterocycles. The molecule has 2 fully saturated rings. The summed E-state index contributed by atoms with van der Waals surface area (Å²) in [5, 5.41) is 0. The van der Waals surface area contributed by atoms with Gasteiger partial charge in [-0.05, 0) is 37.0 Å². The lowest BCUT2D eigenvalue weighted by molar-refractivity contribution is -0.147. The number of hydrogen-bond acceptors (Lipinski definition) is 4. The van der Waals surface area contributed by atoms with Crippen molar-refractivity contribution in [2.24, 2.45) is 5.92 Å². The molecule has 0 aliphatic carbocycles. The third-order valence-electron chi connectivity index (χ3n) is 5.00. The fraction of sp³-hybridized carbons (Fsp3) is 0.667. The Morgan fingerprint density at radius 2 is 2.00 bits per heavy atom. The maximum absolute atomic E-state index is 12.8. The van der Waals surface area contributed by atoms with Gasteiger partial charge in [0, 0.05) is 51.7 Å². The summed E-state index contributed by atoms with van der Waals surface area (Å²) < 4.78 is 5.79. The molecule has 0 radical (unpaired) electrons. The van der Waals surface area contributed by atoms with Gasteiger partial charge in [-0.1, -0.05) is 6.92 Å². The number of hydrogen-bond donors (Lipinski definition) is 0. The highest BCUT2D eigenvalue weighted by Gasteiger charge is 2.34. The first-order valence-electron chi connectivity index (χ1n) is 8.79. The Balaban J connectivity index is 1.51. The van der Waals surface area contributed by atoms with E-state index in [2.05, 4.69) is 28.9 Å². The molecule has 0 aromatic carbocycles. The van der Waals surface area contributed by atoms with Crippen LogP contribution in [0.4, 0.5) is 0 Å². The number of ether oxygens (including phenoxy) is 1. The Kier molecular flexibility index (Phi) is 5.62. The van der Waals surface area contributed by atoms with Crippen LogP contribution in [0.15, 0.2) is 24.5 Å². The van der Waals surface area contributed by atoms with Crippen LogP contribution in [0.5, 0.6) is 0 Å². The van der Waals surface area contributed by atoms with Crippen LogP contribution in [-0.2, 0) is 16.1 Å². The minimum Gasteiger partial charge on any atom is -0.377 e. The van der Waals surface area contributed by atoms with E-state index >= 15 is 0 Å². The van der Waals surface area contributed by atoms with Crippen molar-refractivity contribution >= 4 is 5.91 Å². The fourth-order valence-corrected chi connectivity index (χ4v) is 3.63. The number of aromatic nitrogens is 1. The first-order chi connectivity index (χ1) is 11.3. The van der Waals surface area contributed by atoms with E-state index in [1.54, 1.807) is 0 Å². The molecule has 5 heteroatoms. The summed E-state index contributed by atoms with van der Waals surface area (Å²) in [7, 11) is 0. The monoisotopic (exact) mass is 317 g/mol. The van der Waals surface area contributed by atoms with E-state index in [4.69, 9.17) is 4.74 Å². The largest absolute Gasteiger partial charge is 0.377 e. The summed E-state index contributed by atoms with van der Waals surface area (Å²) in [5.74, 6) is 0.376. The van der Waals surface area contributed by atoms with Crippen LogP contribution in [0.2, 0.25) is 0 Å². The highest BCUT2D eigenvalue weighted by molar-refractivity contribution is 5.79. The van der Waals surface area contributed by atoms with Crippen molar-refractivity contribution in [1.82, 2.24) is 14.8 Å². The Morgan fingerprint density at radius 1 is 1.26 bits per heavy atom. The fourth-order valence-electron chi connectivity index (χ4n) is 3.63. The molecule has 0 N–H and O–H groups in total. The van der Waals surface area contributed by atoms with Crippen molar-refractivity contribution in [2.75, 3.05) is 32.8 Å². The SMILES string of the molecule is CC[C@@H]1OCCC[C@@H]1C(=O)N1CCN(Cc2ccncc2)CC1. The quantitative estimate of drug-likeness (QED) is 0.851. The van der Waals surface area contributed by atoms with E-state index < -0.39 is 0 Å². The summed E-state index contributed by atoms with van der Waals surface area (Å²) in [4.78, 5) is 21.3. The molecule has 1 aromatic rings. The molecule has 1 amide bonds. The number of pyridine rings is 1. The predicted molar refractivity (Wildman–Crippen MR) is 88.8 cm³/mol. The van der Waals surface area contributed by atoms with Gasteiger partial charge < -0.3 is 9.64 Å². The van der Waals surface area contributed by atoms with Crippen molar-refractivity contribution in [1.29, 1.82) is 0 Å². The summed E-state index contributed by atoms with van der Waals surface area (Å²) in [6.07, 6.45) is 6.71. The van der Waals surface area contributed by atoms with E-state index in [9.17, 15) is 4.79 Å². The van der Waals surface area contributed by atoms with Crippen LogP contribution in [0, 0.1) is 5.92 Å². The zero-order valence-electron chi connectivity index (χ0n) is 14.0. The molecule has 2 saturated heterocycles. The van der Waals surface area contributed by atoms with E-state index in [-0.39, 0.29) is 12.0 Å². The van der Waals surface area contributed by atoms with Gasteiger partial charge in [0.25, 0.3) is 0 Å². The van der Waals surface area contributed by atoms with Crippen molar-refractivity contribution < 1.29 is 9.53 Å². The predicted octanol–water partition coefficient (Wildman–Crippen LogP) is 1.93. The normalized spacial score (nSPS) is 26.2. The minimum absolute atomic E-state index is 0.0699. The summed E-state index contributed by atoms with van der Waals surface area (Å²) in [6.45, 7) is 7.41. The third kappa shape index (κ3) is 4.09. The third-order valence-corrected chi connectivity index (χ3v) is 5.00. The van der Waals surface area contributed by atoms with Crippen LogP contribution in [-0.4, -0.2) is 59.6 Å². The standard InChI is InChI=1S/C18H27N3O2/c1-2-17-16(4-3-13-23-17)18(22)21-11-9-20(10-12-21)14-15-5-7-19-8-6-15/h5-8,16-17H,2-4,9-14H2,1H3/t16-,17-/m0/s1. The molecule has 2 aliphatic heterocycles. The van der Waals surface area contributed by atoms with E-state index in [1.807, 2.05) is 17.3 Å². The Morgan fingerprint density at radius 3 is 2.70 bits per heavy atom. The average molecular weight is 317 g/mol. The zero-order valence-corrected chi connectivity index (χ0v) is 14.0. The molecule has 0 unspecified atom stereocenters. The molecule has 0 spiro atoms. The first kappa shape index (κ1) is 16.4. The number of piperazine rings is 1. The highest BCUT2D eigenvalue weighted by Crippen LogP contribution is 2.25. The maximum Gasteiger partial charge on any atom is 0.228 e. The molecule has 0 bridgehead atoms. The molecule has 5 nitrogen and oxygen atoms in total. The van der Waals surface area contributed by atoms with Crippen LogP contribution < -0.4 is 0 Å². The number of carbonyl (C=O) groups is 1. The van der Waals surface area contributed by atoms with Crippen LogP contribution in [0.1, 0.15) is 31.7 Å². The number of rotatable bonds is 4. The van der Waals surface area contributed by atoms with Crippen molar-refractivity contribution in [3.63, 3.8) is 0 Å². The van der Waals surface area contributed by atoms with Crippen LogP contribution in [0.3, 0.4) is 0 Å². The van der Waals surface area contributed by atoms with Crippen LogP contribution >= 0.6 is 0 Å². The summed E-state index contributed by atoms with van der Waals surface area (Å²) >= 11 is 0. The second kappa shape index (κ2) is 7.88. The van der Waals surface area contributed by atoms with Crippen molar-refractivity contribution in [2.45, 2.75) is 38.8 Å². The summed E-state index contributed by atoms with van der Waals surface area (Å²) in [6, 6.07) is 4.12. The minimum atomic E-state index is 0.0699. The molecule has 2 aliphatic rings.